The van der Waals surface area contributed by atoms with Crippen LogP contribution in [0.4, 0.5) is 0 Å². The van der Waals surface area contributed by atoms with Crippen LogP contribution in [0.2, 0.25) is 0 Å². The molecule has 0 heterocycles. The maximum atomic E-state index is 12.3. The summed E-state index contributed by atoms with van der Waals surface area (Å²) in [5.41, 5.74) is -0.590. The summed E-state index contributed by atoms with van der Waals surface area (Å²) < 4.78 is 16.6. The summed E-state index contributed by atoms with van der Waals surface area (Å²) in [5, 5.41) is 3.39. The lowest BCUT2D eigenvalue weighted by molar-refractivity contribution is -0.151. The first kappa shape index (κ1) is 18.4. The molecule has 2 unspecified atom stereocenters. The number of hydrogen-bond acceptors (Lipinski definition) is 5. The Hall–Kier alpha value is -0.650. The second-order valence-corrected chi connectivity index (χ2v) is 6.26. The van der Waals surface area contributed by atoms with E-state index >= 15 is 0 Å². The third-order valence-electron chi connectivity index (χ3n) is 3.59. The van der Waals surface area contributed by atoms with E-state index < -0.39 is 5.54 Å². The van der Waals surface area contributed by atoms with E-state index in [1.165, 1.54) is 0 Å². The molecule has 0 amide bonds. The van der Waals surface area contributed by atoms with Crippen molar-refractivity contribution in [1.29, 1.82) is 0 Å². The SMILES string of the molecule is CCOC(=O)C1(NC(C)C)CCC(OCCOC(C)C)C1. The predicted molar refractivity (Wildman–Crippen MR) is 82.3 cm³/mol. The van der Waals surface area contributed by atoms with E-state index in [4.69, 9.17) is 14.2 Å². The van der Waals surface area contributed by atoms with Crippen molar-refractivity contribution >= 4 is 5.97 Å². The van der Waals surface area contributed by atoms with Gasteiger partial charge in [0.05, 0.1) is 32.0 Å². The minimum Gasteiger partial charge on any atom is -0.465 e. The number of hydrogen-bond donors (Lipinski definition) is 1. The van der Waals surface area contributed by atoms with Crippen molar-refractivity contribution in [3.05, 3.63) is 0 Å². The fourth-order valence-corrected chi connectivity index (χ4v) is 2.84. The predicted octanol–water partition coefficient (Wildman–Crippen LogP) is 2.28. The number of nitrogens with one attached hydrogen (secondary N) is 1. The quantitative estimate of drug-likeness (QED) is 0.523. The third kappa shape index (κ3) is 5.93. The molecule has 0 aromatic heterocycles. The fraction of sp³-hybridized carbons (Fsp3) is 0.938. The van der Waals surface area contributed by atoms with Crippen LogP contribution in [-0.4, -0.2) is 49.6 Å². The van der Waals surface area contributed by atoms with Crippen molar-refractivity contribution in [2.75, 3.05) is 19.8 Å². The van der Waals surface area contributed by atoms with Gasteiger partial charge in [-0.1, -0.05) is 0 Å². The molecule has 0 aliphatic heterocycles. The summed E-state index contributed by atoms with van der Waals surface area (Å²) in [6.07, 6.45) is 2.63. The summed E-state index contributed by atoms with van der Waals surface area (Å²) >= 11 is 0. The van der Waals surface area contributed by atoms with Gasteiger partial charge in [0.15, 0.2) is 0 Å². The van der Waals surface area contributed by atoms with Crippen molar-refractivity contribution in [1.82, 2.24) is 5.32 Å². The van der Waals surface area contributed by atoms with E-state index in [1.54, 1.807) is 0 Å². The fourth-order valence-electron chi connectivity index (χ4n) is 2.84. The standard InChI is InChI=1S/C16H31NO4/c1-6-19-15(18)16(17-12(2)3)8-7-14(11-16)21-10-9-20-13(4)5/h12-14,17H,6-11H2,1-5H3. The highest BCUT2D eigenvalue weighted by atomic mass is 16.5. The highest BCUT2D eigenvalue weighted by Gasteiger charge is 2.47. The van der Waals surface area contributed by atoms with Crippen LogP contribution in [0, 0.1) is 0 Å². The number of rotatable bonds is 9. The molecule has 0 aromatic carbocycles. The van der Waals surface area contributed by atoms with Crippen molar-refractivity contribution in [3.8, 4) is 0 Å². The molecule has 2 atom stereocenters. The van der Waals surface area contributed by atoms with Crippen LogP contribution in [0.5, 0.6) is 0 Å². The smallest absolute Gasteiger partial charge is 0.326 e. The van der Waals surface area contributed by atoms with E-state index in [0.717, 1.165) is 12.8 Å². The zero-order valence-corrected chi connectivity index (χ0v) is 14.1. The van der Waals surface area contributed by atoms with Gasteiger partial charge in [-0.15, -0.1) is 0 Å². The van der Waals surface area contributed by atoms with Crippen molar-refractivity contribution in [3.63, 3.8) is 0 Å². The van der Waals surface area contributed by atoms with E-state index in [1.807, 2.05) is 34.6 Å². The molecule has 21 heavy (non-hydrogen) atoms. The normalized spacial score (nSPS) is 25.8. The molecule has 1 saturated carbocycles. The Morgan fingerprint density at radius 2 is 2.00 bits per heavy atom. The second-order valence-electron chi connectivity index (χ2n) is 6.26. The Morgan fingerprint density at radius 1 is 1.29 bits per heavy atom. The molecule has 1 N–H and O–H groups in total. The molecular weight excluding hydrogens is 270 g/mol. The Balaban J connectivity index is 2.49. The monoisotopic (exact) mass is 301 g/mol. The van der Waals surface area contributed by atoms with Gasteiger partial charge < -0.3 is 14.2 Å². The van der Waals surface area contributed by atoms with Crippen LogP contribution in [0.25, 0.3) is 0 Å². The van der Waals surface area contributed by atoms with Crippen LogP contribution in [0.3, 0.4) is 0 Å². The van der Waals surface area contributed by atoms with Gasteiger partial charge in [-0.3, -0.25) is 10.1 Å². The summed E-state index contributed by atoms with van der Waals surface area (Å²) in [7, 11) is 0. The van der Waals surface area contributed by atoms with E-state index in [9.17, 15) is 4.79 Å². The van der Waals surface area contributed by atoms with Crippen LogP contribution in [-0.2, 0) is 19.0 Å². The average Bonchev–Trinajstić information content (AvgIpc) is 2.78. The molecule has 1 aliphatic rings. The molecule has 5 nitrogen and oxygen atoms in total. The number of carbonyl (C=O) groups is 1. The first-order chi connectivity index (χ1) is 9.89. The van der Waals surface area contributed by atoms with Gasteiger partial charge in [-0.05, 0) is 47.5 Å². The van der Waals surface area contributed by atoms with Crippen LogP contribution in [0.15, 0.2) is 0 Å². The maximum absolute atomic E-state index is 12.3. The molecular formula is C16H31NO4. The zero-order valence-electron chi connectivity index (χ0n) is 14.1. The van der Waals surface area contributed by atoms with Crippen LogP contribution >= 0.6 is 0 Å². The molecule has 1 rings (SSSR count). The Morgan fingerprint density at radius 3 is 2.57 bits per heavy atom. The minimum absolute atomic E-state index is 0.0939. The van der Waals surface area contributed by atoms with Gasteiger partial charge in [0.1, 0.15) is 5.54 Å². The molecule has 1 aliphatic carbocycles. The van der Waals surface area contributed by atoms with Crippen molar-refractivity contribution in [2.45, 2.75) is 77.7 Å². The average molecular weight is 301 g/mol. The van der Waals surface area contributed by atoms with Crippen molar-refractivity contribution in [2.24, 2.45) is 0 Å². The van der Waals surface area contributed by atoms with E-state index in [2.05, 4.69) is 5.32 Å². The van der Waals surface area contributed by atoms with Gasteiger partial charge in [-0.25, -0.2) is 0 Å². The van der Waals surface area contributed by atoms with Gasteiger partial charge in [0.2, 0.25) is 0 Å². The molecule has 0 radical (unpaired) electrons. The van der Waals surface area contributed by atoms with E-state index in [-0.39, 0.29) is 24.2 Å². The van der Waals surface area contributed by atoms with Gasteiger partial charge >= 0.3 is 5.97 Å². The lowest BCUT2D eigenvalue weighted by Crippen LogP contribution is -2.54. The molecule has 0 saturated heterocycles. The van der Waals surface area contributed by atoms with Gasteiger partial charge in [0, 0.05) is 12.5 Å². The van der Waals surface area contributed by atoms with Crippen LogP contribution in [0.1, 0.15) is 53.9 Å². The van der Waals surface area contributed by atoms with Crippen molar-refractivity contribution < 1.29 is 19.0 Å². The largest absolute Gasteiger partial charge is 0.465 e. The summed E-state index contributed by atoms with van der Waals surface area (Å²) in [4.78, 5) is 12.3. The lowest BCUT2D eigenvalue weighted by Gasteiger charge is -2.30. The molecule has 0 bridgehead atoms. The first-order valence-corrected chi connectivity index (χ1v) is 8.07. The molecule has 0 aromatic rings. The molecule has 124 valence electrons. The maximum Gasteiger partial charge on any atom is 0.326 e. The molecule has 1 fully saturated rings. The molecule has 5 heteroatoms. The summed E-state index contributed by atoms with van der Waals surface area (Å²) in [5.74, 6) is -0.150. The topological polar surface area (TPSA) is 56.8 Å². The van der Waals surface area contributed by atoms with Gasteiger partial charge in [-0.2, -0.15) is 0 Å². The first-order valence-electron chi connectivity index (χ1n) is 8.07. The zero-order chi connectivity index (χ0) is 15.9. The summed E-state index contributed by atoms with van der Waals surface area (Å²) in [6.45, 7) is 11.5. The van der Waals surface area contributed by atoms with Gasteiger partial charge in [0.25, 0.3) is 0 Å². The second kappa shape index (κ2) is 8.71. The minimum atomic E-state index is -0.590. The number of esters is 1. The Bertz CT molecular complexity index is 319. The Labute approximate surface area is 128 Å². The number of carbonyl (C=O) groups excluding carboxylic acids is 1. The Kier molecular flexibility index (Phi) is 7.63. The number of ether oxygens (including phenoxy) is 3. The van der Waals surface area contributed by atoms with E-state index in [0.29, 0.717) is 26.2 Å². The third-order valence-corrected chi connectivity index (χ3v) is 3.59. The molecule has 0 spiro atoms. The van der Waals surface area contributed by atoms with Crippen LogP contribution < -0.4 is 5.32 Å². The lowest BCUT2D eigenvalue weighted by atomic mass is 9.96. The summed E-state index contributed by atoms with van der Waals surface area (Å²) in [6, 6.07) is 0.234. The highest BCUT2D eigenvalue weighted by molar-refractivity contribution is 5.81. The highest BCUT2D eigenvalue weighted by Crippen LogP contribution is 2.33.